The van der Waals surface area contributed by atoms with E-state index in [9.17, 15) is 0 Å². The molecule has 2 heteroatoms. The lowest BCUT2D eigenvalue weighted by molar-refractivity contribution is 0.0521. The first kappa shape index (κ1) is 11.2. The quantitative estimate of drug-likeness (QED) is 0.855. The van der Waals surface area contributed by atoms with Gasteiger partial charge in [-0.2, -0.15) is 0 Å². The summed E-state index contributed by atoms with van der Waals surface area (Å²) in [7, 11) is 2.07. The summed E-state index contributed by atoms with van der Waals surface area (Å²) in [6.07, 6.45) is 4.04. The lowest BCUT2D eigenvalue weighted by Crippen LogP contribution is -2.51. The second-order valence-electron chi connectivity index (χ2n) is 5.45. The summed E-state index contributed by atoms with van der Waals surface area (Å²) in [4.78, 5) is 2.70. The Labute approximate surface area is 104 Å². The minimum absolute atomic E-state index is 0.829. The Hall–Kier alpha value is -0.860. The lowest BCUT2D eigenvalue weighted by Gasteiger charge is -2.46. The Morgan fingerprint density at radius 2 is 2.06 bits per heavy atom. The highest BCUT2D eigenvalue weighted by Crippen LogP contribution is 2.34. The lowest BCUT2D eigenvalue weighted by atomic mass is 9.77. The molecule has 1 aliphatic carbocycles. The minimum Gasteiger partial charge on any atom is -0.319 e. The standard InChI is InChI=1S/C15H22N2/c1-16-10-13-6-7-15(13)17-9-8-12-4-2-3-5-14(12)11-17/h2-5,13,15-16H,6-11H2,1H3. The maximum Gasteiger partial charge on any atom is 0.0239 e. The summed E-state index contributed by atoms with van der Waals surface area (Å²) in [6.45, 7) is 3.60. The van der Waals surface area contributed by atoms with Crippen molar-refractivity contribution >= 4 is 0 Å². The number of hydrogen-bond donors (Lipinski definition) is 1. The predicted octanol–water partition coefficient (Wildman–Crippen LogP) is 2.04. The number of nitrogens with one attached hydrogen (secondary N) is 1. The second-order valence-corrected chi connectivity index (χ2v) is 5.45. The van der Waals surface area contributed by atoms with E-state index >= 15 is 0 Å². The van der Waals surface area contributed by atoms with Crippen molar-refractivity contribution in [2.24, 2.45) is 5.92 Å². The van der Waals surface area contributed by atoms with Crippen LogP contribution in [0, 0.1) is 5.92 Å². The maximum absolute atomic E-state index is 3.33. The molecule has 1 aromatic carbocycles. The highest BCUT2D eigenvalue weighted by atomic mass is 15.2. The number of rotatable bonds is 3. The van der Waals surface area contributed by atoms with Crippen molar-refractivity contribution in [3.8, 4) is 0 Å². The summed E-state index contributed by atoms with van der Waals surface area (Å²) in [6, 6.07) is 9.76. The van der Waals surface area contributed by atoms with Gasteiger partial charge in [-0.3, -0.25) is 4.90 Å². The molecule has 1 aromatic rings. The van der Waals surface area contributed by atoms with E-state index in [2.05, 4.69) is 41.5 Å². The predicted molar refractivity (Wildman–Crippen MR) is 71.0 cm³/mol. The Bertz CT molecular complexity index is 388. The molecule has 0 radical (unpaired) electrons. The number of benzene rings is 1. The summed E-state index contributed by atoms with van der Waals surface area (Å²) >= 11 is 0. The minimum atomic E-state index is 0.829. The first-order chi connectivity index (χ1) is 8.38. The molecule has 2 nitrogen and oxygen atoms in total. The number of fused-ring (bicyclic) bond motifs is 1. The van der Waals surface area contributed by atoms with Gasteiger partial charge in [0.15, 0.2) is 0 Å². The van der Waals surface area contributed by atoms with Crippen LogP contribution in [0.3, 0.4) is 0 Å². The van der Waals surface area contributed by atoms with Crippen molar-refractivity contribution in [1.29, 1.82) is 0 Å². The summed E-state index contributed by atoms with van der Waals surface area (Å²) in [5.41, 5.74) is 3.11. The van der Waals surface area contributed by atoms with E-state index in [4.69, 9.17) is 0 Å². The van der Waals surface area contributed by atoms with Crippen LogP contribution in [0.15, 0.2) is 24.3 Å². The SMILES string of the molecule is CNCC1CCC1N1CCc2ccccc2C1. The average Bonchev–Trinajstić information content (AvgIpc) is 2.34. The molecule has 1 N–H and O–H groups in total. The van der Waals surface area contributed by atoms with Gasteiger partial charge in [0.1, 0.15) is 0 Å². The van der Waals surface area contributed by atoms with Gasteiger partial charge in [-0.15, -0.1) is 0 Å². The van der Waals surface area contributed by atoms with Gasteiger partial charge in [0.05, 0.1) is 0 Å². The molecule has 0 spiro atoms. The van der Waals surface area contributed by atoms with Gasteiger partial charge in [-0.05, 0) is 49.9 Å². The van der Waals surface area contributed by atoms with Gasteiger partial charge < -0.3 is 5.32 Å². The molecule has 0 amide bonds. The smallest absolute Gasteiger partial charge is 0.0239 e. The average molecular weight is 230 g/mol. The topological polar surface area (TPSA) is 15.3 Å². The van der Waals surface area contributed by atoms with Gasteiger partial charge >= 0.3 is 0 Å². The molecule has 1 fully saturated rings. The van der Waals surface area contributed by atoms with E-state index in [1.54, 1.807) is 11.1 Å². The second kappa shape index (κ2) is 4.79. The summed E-state index contributed by atoms with van der Waals surface area (Å²) in [5.74, 6) is 0.880. The molecule has 2 aliphatic rings. The molecule has 1 aliphatic heterocycles. The first-order valence-electron chi connectivity index (χ1n) is 6.84. The van der Waals surface area contributed by atoms with Crippen LogP contribution in [-0.4, -0.2) is 31.1 Å². The van der Waals surface area contributed by atoms with E-state index in [0.29, 0.717) is 0 Å². The highest BCUT2D eigenvalue weighted by molar-refractivity contribution is 5.29. The number of hydrogen-bond acceptors (Lipinski definition) is 2. The fraction of sp³-hybridized carbons (Fsp3) is 0.600. The van der Waals surface area contributed by atoms with Crippen LogP contribution in [0.2, 0.25) is 0 Å². The maximum atomic E-state index is 3.33. The van der Waals surface area contributed by atoms with Crippen molar-refractivity contribution in [1.82, 2.24) is 10.2 Å². The molecule has 92 valence electrons. The summed E-state index contributed by atoms with van der Waals surface area (Å²) < 4.78 is 0. The zero-order valence-corrected chi connectivity index (χ0v) is 10.7. The normalized spacial score (nSPS) is 28.5. The Morgan fingerprint density at radius 1 is 1.24 bits per heavy atom. The van der Waals surface area contributed by atoms with Crippen molar-refractivity contribution < 1.29 is 0 Å². The van der Waals surface area contributed by atoms with Gasteiger partial charge in [-0.1, -0.05) is 24.3 Å². The molecular formula is C15H22N2. The molecule has 0 bridgehead atoms. The molecule has 2 unspecified atom stereocenters. The molecule has 2 atom stereocenters. The Kier molecular flexibility index (Phi) is 3.17. The monoisotopic (exact) mass is 230 g/mol. The van der Waals surface area contributed by atoms with Crippen LogP contribution >= 0.6 is 0 Å². The van der Waals surface area contributed by atoms with Crippen molar-refractivity contribution in [2.45, 2.75) is 31.8 Å². The zero-order chi connectivity index (χ0) is 11.7. The van der Waals surface area contributed by atoms with Crippen LogP contribution in [-0.2, 0) is 13.0 Å². The summed E-state index contributed by atoms with van der Waals surface area (Å²) in [5, 5.41) is 3.33. The van der Waals surface area contributed by atoms with E-state index in [1.165, 1.54) is 38.9 Å². The molecule has 1 heterocycles. The molecule has 3 rings (SSSR count). The third kappa shape index (κ3) is 2.12. The van der Waals surface area contributed by atoms with Crippen molar-refractivity contribution in [3.63, 3.8) is 0 Å². The molecule has 1 saturated carbocycles. The number of nitrogens with zero attached hydrogens (tertiary/aromatic N) is 1. The first-order valence-corrected chi connectivity index (χ1v) is 6.84. The van der Waals surface area contributed by atoms with E-state index in [1.807, 2.05) is 0 Å². The van der Waals surface area contributed by atoms with Gasteiger partial charge in [-0.25, -0.2) is 0 Å². The van der Waals surface area contributed by atoms with Crippen molar-refractivity contribution in [2.75, 3.05) is 20.1 Å². The fourth-order valence-corrected chi connectivity index (χ4v) is 3.33. The Balaban J connectivity index is 1.68. The van der Waals surface area contributed by atoms with Crippen LogP contribution in [0.1, 0.15) is 24.0 Å². The fourth-order valence-electron chi connectivity index (χ4n) is 3.33. The van der Waals surface area contributed by atoms with Crippen LogP contribution in [0.25, 0.3) is 0 Å². The molecule has 17 heavy (non-hydrogen) atoms. The van der Waals surface area contributed by atoms with Gasteiger partial charge in [0.25, 0.3) is 0 Å². The van der Waals surface area contributed by atoms with Crippen LogP contribution in [0.4, 0.5) is 0 Å². The third-order valence-corrected chi connectivity index (χ3v) is 4.47. The largest absolute Gasteiger partial charge is 0.319 e. The molecule has 0 aromatic heterocycles. The molecular weight excluding hydrogens is 208 g/mol. The third-order valence-electron chi connectivity index (χ3n) is 4.47. The van der Waals surface area contributed by atoms with Crippen LogP contribution < -0.4 is 5.32 Å². The van der Waals surface area contributed by atoms with Gasteiger partial charge in [0.2, 0.25) is 0 Å². The van der Waals surface area contributed by atoms with E-state index in [-0.39, 0.29) is 0 Å². The zero-order valence-electron chi connectivity index (χ0n) is 10.7. The van der Waals surface area contributed by atoms with E-state index < -0.39 is 0 Å². The van der Waals surface area contributed by atoms with Crippen molar-refractivity contribution in [3.05, 3.63) is 35.4 Å². The van der Waals surface area contributed by atoms with Crippen LogP contribution in [0.5, 0.6) is 0 Å². The Morgan fingerprint density at radius 3 is 2.76 bits per heavy atom. The van der Waals surface area contributed by atoms with Gasteiger partial charge in [0, 0.05) is 19.1 Å². The van der Waals surface area contributed by atoms with E-state index in [0.717, 1.165) is 12.0 Å². The molecule has 0 saturated heterocycles. The highest BCUT2D eigenvalue weighted by Gasteiger charge is 2.35.